The summed E-state index contributed by atoms with van der Waals surface area (Å²) in [5.74, 6) is -1.53. The number of benzene rings is 2. The average molecular weight is 835 g/mol. The first kappa shape index (κ1) is 50.0. The first-order valence-electron chi connectivity index (χ1n) is 19.7. The highest BCUT2D eigenvalue weighted by Gasteiger charge is 2.47. The summed E-state index contributed by atoms with van der Waals surface area (Å²) in [6.07, 6.45) is -4.25. The van der Waals surface area contributed by atoms with Gasteiger partial charge in [-0.05, 0) is 36.8 Å². The maximum atomic E-state index is 14.6. The normalized spacial score (nSPS) is 18.2. The van der Waals surface area contributed by atoms with Gasteiger partial charge in [-0.3, -0.25) is 4.79 Å². The fourth-order valence-corrected chi connectivity index (χ4v) is 6.82. The summed E-state index contributed by atoms with van der Waals surface area (Å²) in [4.78, 5) is 27.8. The van der Waals surface area contributed by atoms with Crippen LogP contribution in [0.4, 0.5) is 0 Å². The molecule has 59 heavy (non-hydrogen) atoms. The fraction of sp³-hybridized carbons (Fsp3) is 0.636. The van der Waals surface area contributed by atoms with Crippen molar-refractivity contribution in [3.05, 3.63) is 78.4 Å². The molecule has 3 rings (SSSR count). The molecule has 0 unspecified atom stereocenters. The van der Waals surface area contributed by atoms with Gasteiger partial charge in [0.1, 0.15) is 31.5 Å². The Bertz CT molecular complexity index is 1500. The maximum Gasteiger partial charge on any atom is 0.338 e. The van der Waals surface area contributed by atoms with Gasteiger partial charge in [0.15, 0.2) is 11.9 Å². The lowest BCUT2D eigenvalue weighted by Gasteiger charge is -2.38. The molecule has 8 atom stereocenters. The van der Waals surface area contributed by atoms with Gasteiger partial charge in [0.25, 0.3) is 0 Å². The molecule has 0 amide bonds. The second kappa shape index (κ2) is 25.5. The zero-order valence-corrected chi connectivity index (χ0v) is 36.1. The fourth-order valence-electron chi connectivity index (χ4n) is 6.82. The first-order valence-corrected chi connectivity index (χ1v) is 19.7. The number of ether oxygens (including phenoxy) is 12. The van der Waals surface area contributed by atoms with Crippen LogP contribution in [0.1, 0.15) is 62.4 Å². The number of ketones is 1. The minimum absolute atomic E-state index is 0.00706. The van der Waals surface area contributed by atoms with E-state index in [4.69, 9.17) is 56.8 Å². The van der Waals surface area contributed by atoms with Crippen LogP contribution in [-0.2, 0) is 63.5 Å². The molecular weight excluding hydrogens is 768 g/mol. The molecule has 0 aliphatic carbocycles. The topological polar surface area (TPSA) is 165 Å². The molecule has 0 spiro atoms. The third kappa shape index (κ3) is 15.0. The van der Waals surface area contributed by atoms with Crippen molar-refractivity contribution < 1.29 is 71.5 Å². The van der Waals surface area contributed by atoms with Gasteiger partial charge in [-0.1, -0.05) is 50.3 Å². The molecule has 1 heterocycles. The molecule has 0 radical (unpaired) electrons. The Morgan fingerprint density at radius 3 is 1.97 bits per heavy atom. The van der Waals surface area contributed by atoms with Gasteiger partial charge in [-0.2, -0.15) is 0 Å². The van der Waals surface area contributed by atoms with Crippen LogP contribution in [0.3, 0.4) is 0 Å². The van der Waals surface area contributed by atoms with Crippen LogP contribution in [0.25, 0.3) is 0 Å². The van der Waals surface area contributed by atoms with Gasteiger partial charge in [0.2, 0.25) is 5.79 Å². The number of carbonyl (C=O) groups excluding carboxylic acids is 2. The predicted molar refractivity (Wildman–Crippen MR) is 217 cm³/mol. The minimum Gasteiger partial charge on any atom is -0.497 e. The number of aliphatic hydroxyl groups excluding tert-OH is 1. The van der Waals surface area contributed by atoms with Gasteiger partial charge in [0, 0.05) is 61.2 Å². The summed E-state index contributed by atoms with van der Waals surface area (Å²) in [5, 5.41) is 11.8. The number of rotatable bonds is 30. The van der Waals surface area contributed by atoms with Crippen molar-refractivity contribution in [1.29, 1.82) is 0 Å². The SMILES string of the molecule is C=C[C@@H](OCOC)[C@@H](C[C@@H](C[C@@H](OC)[C@@H](OCOC)C(=O)C(C)(C)[C@@H](O)C[C@@H](C[C@H](OC(=O)c1ccccc1)C1(C)OCCO1)OC)OCc1ccc(OC)cc1)OC. The van der Waals surface area contributed by atoms with Crippen LogP contribution in [-0.4, -0.2) is 141 Å². The van der Waals surface area contributed by atoms with E-state index >= 15 is 0 Å². The summed E-state index contributed by atoms with van der Waals surface area (Å²) in [7, 11) is 9.12. The highest BCUT2D eigenvalue weighted by atomic mass is 16.8. The molecular formula is C44H66O15. The highest BCUT2D eigenvalue weighted by Crippen LogP contribution is 2.35. The Morgan fingerprint density at radius 1 is 0.797 bits per heavy atom. The smallest absolute Gasteiger partial charge is 0.338 e. The molecule has 1 saturated heterocycles. The molecule has 2 aromatic carbocycles. The first-order chi connectivity index (χ1) is 28.3. The molecule has 332 valence electrons. The van der Waals surface area contributed by atoms with E-state index < -0.39 is 71.8 Å². The second-order valence-electron chi connectivity index (χ2n) is 15.0. The van der Waals surface area contributed by atoms with Crippen molar-refractivity contribution in [3.8, 4) is 5.75 Å². The number of esters is 1. The number of hydrogen-bond donors (Lipinski definition) is 1. The molecule has 1 N–H and O–H groups in total. The van der Waals surface area contributed by atoms with Crippen molar-refractivity contribution in [2.24, 2.45) is 5.41 Å². The molecule has 15 nitrogen and oxygen atoms in total. The van der Waals surface area contributed by atoms with E-state index in [0.717, 1.165) is 5.56 Å². The Labute approximate surface area is 349 Å². The van der Waals surface area contributed by atoms with E-state index in [-0.39, 0.29) is 39.5 Å². The van der Waals surface area contributed by atoms with E-state index in [2.05, 4.69) is 6.58 Å². The van der Waals surface area contributed by atoms with Crippen LogP contribution in [0.2, 0.25) is 0 Å². The number of hydrogen-bond acceptors (Lipinski definition) is 15. The van der Waals surface area contributed by atoms with E-state index in [9.17, 15) is 14.7 Å². The van der Waals surface area contributed by atoms with Crippen molar-refractivity contribution >= 4 is 11.8 Å². The summed E-state index contributed by atoms with van der Waals surface area (Å²) >= 11 is 0. The second-order valence-corrected chi connectivity index (χ2v) is 15.0. The lowest BCUT2D eigenvalue weighted by Crippen LogP contribution is -2.51. The predicted octanol–water partition coefficient (Wildman–Crippen LogP) is 5.29. The van der Waals surface area contributed by atoms with E-state index in [1.807, 2.05) is 24.3 Å². The number of carbonyl (C=O) groups is 2. The van der Waals surface area contributed by atoms with Crippen LogP contribution in [0.15, 0.2) is 67.3 Å². The average Bonchev–Trinajstić information content (AvgIpc) is 3.71. The van der Waals surface area contributed by atoms with Gasteiger partial charge in [-0.25, -0.2) is 4.79 Å². The molecule has 1 aliphatic heterocycles. The lowest BCUT2D eigenvalue weighted by atomic mass is 9.75. The van der Waals surface area contributed by atoms with Gasteiger partial charge in [0.05, 0.1) is 68.4 Å². The number of aliphatic hydroxyl groups is 1. The third-order valence-electron chi connectivity index (χ3n) is 10.6. The monoisotopic (exact) mass is 834 g/mol. The molecule has 0 bridgehead atoms. The summed E-state index contributed by atoms with van der Waals surface area (Å²) in [5.41, 5.74) is -0.143. The molecule has 0 aromatic heterocycles. The van der Waals surface area contributed by atoms with Crippen LogP contribution in [0.5, 0.6) is 5.75 Å². The van der Waals surface area contributed by atoms with Gasteiger partial charge < -0.3 is 61.9 Å². The zero-order valence-electron chi connectivity index (χ0n) is 36.1. The van der Waals surface area contributed by atoms with Gasteiger partial charge >= 0.3 is 5.97 Å². The van der Waals surface area contributed by atoms with Crippen molar-refractivity contribution in [2.45, 2.75) is 108 Å². The van der Waals surface area contributed by atoms with Crippen molar-refractivity contribution in [3.63, 3.8) is 0 Å². The Balaban J connectivity index is 1.85. The molecule has 2 aromatic rings. The quantitative estimate of drug-likeness (QED) is 0.0613. The Kier molecular flexibility index (Phi) is 21.6. The van der Waals surface area contributed by atoms with E-state index in [0.29, 0.717) is 30.9 Å². The summed E-state index contributed by atoms with van der Waals surface area (Å²) in [6, 6.07) is 16.1. The van der Waals surface area contributed by atoms with E-state index in [1.165, 1.54) is 28.4 Å². The standard InChI is InChI=1S/C44H66O15/c1-11-35(55-28-48-5)36(52-9)23-34(54-27-30-17-19-32(50-7)20-18-30)24-37(53-10)40(56-29-49-6)41(46)43(2,3)38(45)25-33(51-8)26-39(44(4)57-21-22-58-44)59-42(47)31-15-13-12-14-16-31/h11-20,33-40,45H,1,21-29H2,2-10H3/t33-,34-,35+,36+,37+,38-,39-,40+/m0/s1. The molecule has 0 saturated carbocycles. The number of Topliss-reactive ketones (excluding diaryl/α,β-unsaturated/α-hetero) is 1. The minimum atomic E-state index is -1.40. The zero-order chi connectivity index (χ0) is 43.4. The van der Waals surface area contributed by atoms with Crippen LogP contribution < -0.4 is 4.74 Å². The number of methoxy groups -OCH3 is 6. The highest BCUT2D eigenvalue weighted by molar-refractivity contribution is 5.90. The van der Waals surface area contributed by atoms with E-state index in [1.54, 1.807) is 71.4 Å². The Morgan fingerprint density at radius 2 is 1.41 bits per heavy atom. The Hall–Kier alpha value is -3.32. The third-order valence-corrected chi connectivity index (χ3v) is 10.6. The van der Waals surface area contributed by atoms with Gasteiger partial charge in [-0.15, -0.1) is 6.58 Å². The largest absolute Gasteiger partial charge is 0.497 e. The summed E-state index contributed by atoms with van der Waals surface area (Å²) < 4.78 is 69.5. The molecule has 1 aliphatic rings. The molecule has 15 heteroatoms. The lowest BCUT2D eigenvalue weighted by molar-refractivity contribution is -0.215. The maximum absolute atomic E-state index is 14.6. The van der Waals surface area contributed by atoms with Crippen molar-refractivity contribution in [2.75, 3.05) is 69.5 Å². The summed E-state index contributed by atoms with van der Waals surface area (Å²) in [6.45, 7) is 9.56. The van der Waals surface area contributed by atoms with Crippen molar-refractivity contribution in [1.82, 2.24) is 0 Å². The van der Waals surface area contributed by atoms with Crippen LogP contribution in [0, 0.1) is 5.41 Å². The molecule has 1 fully saturated rings. The van der Waals surface area contributed by atoms with Crippen LogP contribution >= 0.6 is 0 Å².